The lowest BCUT2D eigenvalue weighted by Gasteiger charge is -2.26. The molecule has 11 nitrogen and oxygen atoms in total. The number of aromatic nitrogens is 1. The quantitative estimate of drug-likeness (QED) is 0.0704. The highest BCUT2D eigenvalue weighted by molar-refractivity contribution is 7.99. The molecule has 0 amide bonds. The maximum Gasteiger partial charge on any atom is 0.387 e. The Morgan fingerprint density at radius 2 is 1.70 bits per heavy atom. The van der Waals surface area contributed by atoms with E-state index in [4.69, 9.17) is 42.1 Å². The summed E-state index contributed by atoms with van der Waals surface area (Å²) < 4.78 is 77.3. The first kappa shape index (κ1) is 39.5. The molecule has 288 valence electrons. The fourth-order valence-electron chi connectivity index (χ4n) is 5.84. The number of halogens is 4. The fraction of sp³-hybridized carbons (Fsp3) is 0.500. The molecular weight excluding hydrogens is 775 g/mol. The van der Waals surface area contributed by atoms with E-state index >= 15 is 0 Å². The molecule has 2 aliphatic carbocycles. The zero-order valence-corrected chi connectivity index (χ0v) is 32.2. The van der Waals surface area contributed by atoms with E-state index in [1.54, 1.807) is 6.07 Å². The smallest absolute Gasteiger partial charge is 0.387 e. The van der Waals surface area contributed by atoms with Gasteiger partial charge >= 0.3 is 12.6 Å². The van der Waals surface area contributed by atoms with Crippen molar-refractivity contribution in [2.24, 2.45) is 11.8 Å². The Morgan fingerprint density at radius 1 is 1.02 bits per heavy atom. The zero-order chi connectivity index (χ0) is 37.7. The van der Waals surface area contributed by atoms with Crippen molar-refractivity contribution in [2.75, 3.05) is 55.0 Å². The molecule has 1 atom stereocenters. The van der Waals surface area contributed by atoms with Gasteiger partial charge in [-0.1, -0.05) is 29.3 Å². The number of carbonyl (C=O) groups excluding carboxylic acids is 1. The molecule has 1 saturated heterocycles. The van der Waals surface area contributed by atoms with Gasteiger partial charge in [-0.25, -0.2) is 13.2 Å². The lowest BCUT2D eigenvalue weighted by atomic mass is 10.0. The highest BCUT2D eigenvalue weighted by atomic mass is 35.5. The summed E-state index contributed by atoms with van der Waals surface area (Å²) in [5, 5.41) is 12.0. The largest absolute Gasteiger partial charge is 0.619 e. The number of hydrogen-bond donors (Lipinski definition) is 0. The number of ether oxygens (including phenoxy) is 4. The van der Waals surface area contributed by atoms with Crippen LogP contribution >= 0.6 is 35.0 Å². The molecule has 2 heterocycles. The number of alkyl halides is 2. The lowest BCUT2D eigenvalue weighted by molar-refractivity contribution is -0.605. The summed E-state index contributed by atoms with van der Waals surface area (Å²) in [7, 11) is -3.72. The van der Waals surface area contributed by atoms with E-state index in [0.717, 1.165) is 69.1 Å². The van der Waals surface area contributed by atoms with E-state index in [1.807, 2.05) is 11.8 Å². The van der Waals surface area contributed by atoms with E-state index in [9.17, 15) is 27.2 Å². The number of thioether (sulfide) groups is 1. The molecule has 0 spiro atoms. The summed E-state index contributed by atoms with van der Waals surface area (Å²) in [6, 6.07) is 8.73. The van der Waals surface area contributed by atoms with E-state index in [2.05, 4.69) is 4.90 Å². The van der Waals surface area contributed by atoms with Crippen LogP contribution in [0.3, 0.4) is 0 Å². The Morgan fingerprint density at radius 3 is 2.30 bits per heavy atom. The Labute approximate surface area is 322 Å². The predicted molar refractivity (Wildman–Crippen MR) is 199 cm³/mol. The van der Waals surface area contributed by atoms with Crippen LogP contribution in [0, 0.1) is 17.0 Å². The second-order valence-electron chi connectivity index (χ2n) is 13.5. The van der Waals surface area contributed by atoms with E-state index in [0.29, 0.717) is 53.0 Å². The third-order valence-electron chi connectivity index (χ3n) is 9.12. The Hall–Kier alpha value is -3.24. The maximum atomic E-state index is 14.0. The van der Waals surface area contributed by atoms with Crippen molar-refractivity contribution in [3.63, 3.8) is 0 Å². The molecule has 0 bridgehead atoms. The molecule has 2 aromatic carbocycles. The highest BCUT2D eigenvalue weighted by Crippen LogP contribution is 2.39. The van der Waals surface area contributed by atoms with Crippen LogP contribution < -0.4 is 23.2 Å². The minimum absolute atomic E-state index is 0.0286. The van der Waals surface area contributed by atoms with Crippen LogP contribution in [0.15, 0.2) is 48.8 Å². The third kappa shape index (κ3) is 11.2. The number of nitrogens with zero attached hydrogens (tertiary/aromatic N) is 3. The molecule has 0 N–H and O–H groups in total. The van der Waals surface area contributed by atoms with Gasteiger partial charge in [0.15, 0.2) is 23.9 Å². The van der Waals surface area contributed by atoms with Crippen LogP contribution in [-0.4, -0.2) is 76.6 Å². The average Bonchev–Trinajstić information content (AvgIpc) is 4.04. The van der Waals surface area contributed by atoms with Crippen LogP contribution in [0.5, 0.6) is 17.2 Å². The van der Waals surface area contributed by atoms with Gasteiger partial charge in [0.1, 0.15) is 21.9 Å². The number of carbonyl (C=O) groups is 1. The molecule has 17 heteroatoms. The van der Waals surface area contributed by atoms with Crippen molar-refractivity contribution >= 4 is 56.6 Å². The summed E-state index contributed by atoms with van der Waals surface area (Å²) >= 11 is 14.7. The first-order chi connectivity index (χ1) is 25.3. The summed E-state index contributed by atoms with van der Waals surface area (Å²) in [6.07, 6.45) is 6.69. The monoisotopic (exact) mass is 815 g/mol. The SMILES string of the molecule is CS(=O)(=O)N(CCCN1CCSC1)c1ccc(C(=O)O[C@@H](Cc2c(Cl)c[n+]([O-])cc2Cl)c2ccc(OC(F)F)c(OCC3CC3)c2)cc1OCC1CC1. The van der Waals surface area contributed by atoms with Crippen molar-refractivity contribution in [1.82, 2.24) is 4.90 Å². The van der Waals surface area contributed by atoms with Gasteiger partial charge in [0, 0.05) is 43.2 Å². The van der Waals surface area contributed by atoms with Gasteiger partial charge in [-0.05, 0) is 79.8 Å². The number of esters is 1. The minimum Gasteiger partial charge on any atom is -0.619 e. The van der Waals surface area contributed by atoms with Crippen LogP contribution in [0.1, 0.15) is 59.7 Å². The molecule has 2 saturated carbocycles. The molecule has 3 aromatic rings. The summed E-state index contributed by atoms with van der Waals surface area (Å²) in [5.74, 6) is 1.90. The van der Waals surface area contributed by atoms with Crippen molar-refractivity contribution in [3.8, 4) is 17.2 Å². The lowest BCUT2D eigenvalue weighted by Crippen LogP contribution is -2.33. The number of anilines is 1. The van der Waals surface area contributed by atoms with Crippen LogP contribution in [-0.2, 0) is 21.2 Å². The maximum absolute atomic E-state index is 14.0. The standard InChI is InChI=1S/C36H41Cl2F2N3O8S2/c1-53(46,47)43(12-2-11-41-13-14-52-22-41)30-9-7-26(16-33(30)48-20-23-3-4-23)35(44)50-32(17-27-28(37)18-42(45)19-29(27)38)25-8-10-31(51-36(39)40)34(15-25)49-21-24-5-6-24/h7-10,15-16,18-19,23-24,32,36H,2-6,11-14,17,20-22H2,1H3/t32-/m0/s1. The number of hydrogen-bond acceptors (Lipinski definition) is 10. The van der Waals surface area contributed by atoms with Crippen molar-refractivity contribution < 1.29 is 45.7 Å². The second kappa shape index (κ2) is 17.5. The van der Waals surface area contributed by atoms with Gasteiger partial charge in [-0.2, -0.15) is 13.5 Å². The molecular formula is C36H41Cl2F2N3O8S2. The van der Waals surface area contributed by atoms with Gasteiger partial charge < -0.3 is 24.2 Å². The average molecular weight is 817 g/mol. The van der Waals surface area contributed by atoms with E-state index < -0.39 is 28.7 Å². The Kier molecular flexibility index (Phi) is 13.0. The summed E-state index contributed by atoms with van der Waals surface area (Å²) in [6.45, 7) is -0.509. The first-order valence-electron chi connectivity index (χ1n) is 17.4. The molecule has 0 unspecified atom stereocenters. The molecule has 1 aliphatic heterocycles. The Bertz CT molecular complexity index is 1860. The van der Waals surface area contributed by atoms with Crippen molar-refractivity contribution in [2.45, 2.75) is 51.2 Å². The van der Waals surface area contributed by atoms with Gasteiger partial charge in [-0.3, -0.25) is 9.21 Å². The van der Waals surface area contributed by atoms with Crippen LogP contribution in [0.4, 0.5) is 14.5 Å². The molecule has 0 radical (unpaired) electrons. The molecule has 1 aromatic heterocycles. The number of sulfonamides is 1. The molecule has 53 heavy (non-hydrogen) atoms. The minimum atomic E-state index is -3.72. The van der Waals surface area contributed by atoms with Crippen LogP contribution in [0.25, 0.3) is 0 Å². The van der Waals surface area contributed by atoms with Gasteiger partial charge in [0.25, 0.3) is 0 Å². The predicted octanol–water partition coefficient (Wildman–Crippen LogP) is 7.11. The van der Waals surface area contributed by atoms with Gasteiger partial charge in [-0.15, -0.1) is 11.8 Å². The summed E-state index contributed by atoms with van der Waals surface area (Å²) in [5.41, 5.74) is 1.07. The normalized spacial score (nSPS) is 16.8. The zero-order valence-electron chi connectivity index (χ0n) is 29.1. The Balaban J connectivity index is 1.30. The topological polar surface area (TPSA) is 122 Å². The first-order valence-corrected chi connectivity index (χ1v) is 21.1. The van der Waals surface area contributed by atoms with Gasteiger partial charge in [0.2, 0.25) is 10.0 Å². The number of benzene rings is 2. The number of rotatable bonds is 19. The van der Waals surface area contributed by atoms with Crippen molar-refractivity contribution in [3.05, 3.63) is 80.7 Å². The van der Waals surface area contributed by atoms with Gasteiger partial charge in [0.05, 0.1) is 30.7 Å². The van der Waals surface area contributed by atoms with Crippen LogP contribution in [0.2, 0.25) is 10.0 Å². The third-order valence-corrected chi connectivity index (χ3v) is 12.0. The second-order valence-corrected chi connectivity index (χ2v) is 17.3. The van der Waals surface area contributed by atoms with Crippen molar-refractivity contribution in [1.29, 1.82) is 0 Å². The molecule has 6 rings (SSSR count). The van der Waals surface area contributed by atoms with E-state index in [1.165, 1.54) is 34.6 Å². The molecule has 3 aliphatic rings. The van der Waals surface area contributed by atoms with E-state index in [-0.39, 0.29) is 45.8 Å². The molecule has 3 fully saturated rings. The highest BCUT2D eigenvalue weighted by Gasteiger charge is 2.29. The fourth-order valence-corrected chi connectivity index (χ4v) is 8.45. The summed E-state index contributed by atoms with van der Waals surface area (Å²) in [4.78, 5) is 16.2. The number of pyridine rings is 1.